The molecule has 0 aromatic heterocycles. The zero-order valence-corrected chi connectivity index (χ0v) is 20.1. The van der Waals surface area contributed by atoms with Gasteiger partial charge in [0.1, 0.15) is 17.3 Å². The largest absolute Gasteiger partial charge is 0.481 e. The second-order valence-electron chi connectivity index (χ2n) is 8.78. The summed E-state index contributed by atoms with van der Waals surface area (Å²) in [6.07, 6.45) is -9.48. The first-order valence-electron chi connectivity index (χ1n) is 10.8. The van der Waals surface area contributed by atoms with Crippen molar-refractivity contribution in [3.63, 3.8) is 0 Å². The number of hydrogen-bond donors (Lipinski definition) is 1. The number of alkyl halides is 6. The van der Waals surface area contributed by atoms with Crippen molar-refractivity contribution in [2.45, 2.75) is 38.5 Å². The lowest BCUT2D eigenvalue weighted by Crippen LogP contribution is -2.14. The Morgan fingerprint density at radius 3 is 2.11 bits per heavy atom. The van der Waals surface area contributed by atoms with E-state index in [2.05, 4.69) is 0 Å². The van der Waals surface area contributed by atoms with Gasteiger partial charge in [0.05, 0.1) is 22.1 Å². The number of aliphatic carboxylic acids is 1. The van der Waals surface area contributed by atoms with Crippen LogP contribution in [-0.2, 0) is 17.1 Å². The monoisotopic (exact) mass is 548 g/mol. The average Bonchev–Trinajstić information content (AvgIpc) is 2.75. The number of ether oxygens (including phenoxy) is 1. The lowest BCUT2D eigenvalue weighted by atomic mass is 9.88. The van der Waals surface area contributed by atoms with Crippen LogP contribution in [0.4, 0.5) is 30.7 Å². The Balaban J connectivity index is 2.19. The van der Waals surface area contributed by atoms with Crippen LogP contribution in [-0.4, -0.2) is 11.1 Å². The van der Waals surface area contributed by atoms with E-state index in [0.717, 1.165) is 12.1 Å². The van der Waals surface area contributed by atoms with Crippen LogP contribution in [0.15, 0.2) is 54.6 Å². The van der Waals surface area contributed by atoms with Gasteiger partial charge in [0.25, 0.3) is 0 Å². The number of carboxylic acids is 1. The molecule has 0 aliphatic rings. The van der Waals surface area contributed by atoms with E-state index >= 15 is 0 Å². The molecule has 0 aliphatic heterocycles. The van der Waals surface area contributed by atoms with Crippen LogP contribution in [0.3, 0.4) is 0 Å². The molecule has 3 aromatic carbocycles. The third-order valence-electron chi connectivity index (χ3n) is 5.38. The molecule has 1 N–H and O–H groups in total. The number of carboxylic acid groups (broad SMARTS) is 1. The molecule has 3 nitrogen and oxygen atoms in total. The standard InChI is InChI=1S/C26H20ClF7O3/c1-13(2)5-21(24(35)36)16-6-15(14-3-4-23(27)22(9-14)26(32,33)34)7-19(8-16)37-20-11-17(25(29,30)31)10-18(28)12-20/h3-4,6-13,21H,5H2,1-2H3,(H,35,36). The maximum atomic E-state index is 13.9. The number of rotatable bonds is 7. The van der Waals surface area contributed by atoms with Crippen LogP contribution >= 0.6 is 11.6 Å². The summed E-state index contributed by atoms with van der Waals surface area (Å²) in [4.78, 5) is 12.0. The maximum absolute atomic E-state index is 13.9. The molecule has 0 aliphatic carbocycles. The molecule has 0 fully saturated rings. The summed E-state index contributed by atoms with van der Waals surface area (Å²) in [5.74, 6) is -4.34. The van der Waals surface area contributed by atoms with Crippen LogP contribution in [0.2, 0.25) is 5.02 Å². The van der Waals surface area contributed by atoms with E-state index in [0.29, 0.717) is 12.1 Å². The minimum Gasteiger partial charge on any atom is -0.481 e. The van der Waals surface area contributed by atoms with Crippen molar-refractivity contribution >= 4 is 17.6 Å². The van der Waals surface area contributed by atoms with Crippen LogP contribution in [0, 0.1) is 11.7 Å². The summed E-state index contributed by atoms with van der Waals surface area (Å²) in [5, 5.41) is 9.24. The lowest BCUT2D eigenvalue weighted by Gasteiger charge is -2.19. The Morgan fingerprint density at radius 2 is 1.54 bits per heavy atom. The van der Waals surface area contributed by atoms with Gasteiger partial charge in [0.2, 0.25) is 0 Å². The smallest absolute Gasteiger partial charge is 0.417 e. The SMILES string of the molecule is CC(C)CC(C(=O)O)c1cc(Oc2cc(F)cc(C(F)(F)F)c2)cc(-c2ccc(Cl)c(C(F)(F)F)c2)c1. The van der Waals surface area contributed by atoms with Crippen LogP contribution in [0.5, 0.6) is 11.5 Å². The molecule has 0 saturated carbocycles. The van der Waals surface area contributed by atoms with Gasteiger partial charge in [-0.3, -0.25) is 4.79 Å². The quantitative estimate of drug-likeness (QED) is 0.299. The van der Waals surface area contributed by atoms with Crippen LogP contribution in [0.25, 0.3) is 11.1 Å². The van der Waals surface area contributed by atoms with Gasteiger partial charge < -0.3 is 9.84 Å². The van der Waals surface area contributed by atoms with E-state index in [1.165, 1.54) is 24.3 Å². The summed E-state index contributed by atoms with van der Waals surface area (Å²) in [5.41, 5.74) is -2.19. The van der Waals surface area contributed by atoms with Crippen molar-refractivity contribution in [2.24, 2.45) is 5.92 Å². The topological polar surface area (TPSA) is 46.5 Å². The Labute approximate surface area is 212 Å². The van der Waals surface area contributed by atoms with Crippen molar-refractivity contribution in [3.05, 3.63) is 82.1 Å². The zero-order valence-electron chi connectivity index (χ0n) is 19.3. The molecule has 0 saturated heterocycles. The van der Waals surface area contributed by atoms with E-state index in [4.69, 9.17) is 16.3 Å². The highest BCUT2D eigenvalue weighted by atomic mass is 35.5. The summed E-state index contributed by atoms with van der Waals surface area (Å²) in [6.45, 7) is 3.55. The first-order valence-corrected chi connectivity index (χ1v) is 11.2. The lowest BCUT2D eigenvalue weighted by molar-refractivity contribution is -0.139. The van der Waals surface area contributed by atoms with Gasteiger partial charge in [-0.15, -0.1) is 0 Å². The molecule has 0 bridgehead atoms. The Bertz CT molecular complexity index is 1300. The molecular weight excluding hydrogens is 529 g/mol. The average molecular weight is 549 g/mol. The second kappa shape index (κ2) is 10.6. The molecule has 11 heteroatoms. The Hall–Kier alpha value is -3.27. The van der Waals surface area contributed by atoms with Gasteiger partial charge in [-0.1, -0.05) is 37.6 Å². The third-order valence-corrected chi connectivity index (χ3v) is 5.71. The first kappa shape index (κ1) is 28.3. The fourth-order valence-corrected chi connectivity index (χ4v) is 3.97. The predicted molar refractivity (Wildman–Crippen MR) is 123 cm³/mol. The van der Waals surface area contributed by atoms with Gasteiger partial charge in [-0.2, -0.15) is 26.3 Å². The fraction of sp³-hybridized carbons (Fsp3) is 0.269. The molecule has 0 heterocycles. The van der Waals surface area contributed by atoms with Crippen LogP contribution in [0.1, 0.15) is 42.9 Å². The van der Waals surface area contributed by atoms with Gasteiger partial charge in [0, 0.05) is 6.07 Å². The minimum absolute atomic E-state index is 0.00679. The molecule has 3 aromatic rings. The van der Waals surface area contributed by atoms with E-state index in [1.807, 2.05) is 0 Å². The van der Waals surface area contributed by atoms with Crippen molar-refractivity contribution in [3.8, 4) is 22.6 Å². The molecular formula is C26H20ClF7O3. The molecule has 37 heavy (non-hydrogen) atoms. The third kappa shape index (κ3) is 7.15. The normalized spacial score (nSPS) is 13.1. The van der Waals surface area contributed by atoms with Gasteiger partial charge in [-0.25, -0.2) is 4.39 Å². The summed E-state index contributed by atoms with van der Waals surface area (Å²) in [7, 11) is 0. The zero-order chi connectivity index (χ0) is 27.7. The molecule has 1 unspecified atom stereocenters. The fourth-order valence-electron chi connectivity index (χ4n) is 3.74. The molecule has 0 spiro atoms. The van der Waals surface area contributed by atoms with E-state index in [9.17, 15) is 40.6 Å². The highest BCUT2D eigenvalue weighted by Crippen LogP contribution is 2.40. The Morgan fingerprint density at radius 1 is 0.892 bits per heavy atom. The van der Waals surface area contributed by atoms with Crippen LogP contribution < -0.4 is 4.74 Å². The van der Waals surface area contributed by atoms with Gasteiger partial charge in [0.15, 0.2) is 0 Å². The van der Waals surface area contributed by atoms with E-state index in [1.54, 1.807) is 13.8 Å². The number of hydrogen-bond acceptors (Lipinski definition) is 2. The van der Waals surface area contributed by atoms with Crippen molar-refractivity contribution in [2.75, 3.05) is 0 Å². The highest BCUT2D eigenvalue weighted by Gasteiger charge is 2.34. The van der Waals surface area contributed by atoms with Crippen molar-refractivity contribution < 1.29 is 45.4 Å². The molecule has 0 amide bonds. The highest BCUT2D eigenvalue weighted by molar-refractivity contribution is 6.31. The summed E-state index contributed by atoms with van der Waals surface area (Å²) >= 11 is 5.70. The molecule has 0 radical (unpaired) electrons. The van der Waals surface area contributed by atoms with E-state index < -0.39 is 52.0 Å². The molecule has 198 valence electrons. The van der Waals surface area contributed by atoms with Crippen molar-refractivity contribution in [1.29, 1.82) is 0 Å². The van der Waals surface area contributed by atoms with E-state index in [-0.39, 0.29) is 40.8 Å². The maximum Gasteiger partial charge on any atom is 0.417 e. The summed E-state index contributed by atoms with van der Waals surface area (Å²) < 4.78 is 99.0. The Kier molecular flexibility index (Phi) is 8.12. The number of halogens is 8. The van der Waals surface area contributed by atoms with Crippen molar-refractivity contribution in [1.82, 2.24) is 0 Å². The first-order chi connectivity index (χ1) is 17.0. The second-order valence-corrected chi connectivity index (χ2v) is 9.19. The molecule has 3 rings (SSSR count). The number of benzene rings is 3. The van der Waals surface area contributed by atoms with Gasteiger partial charge >= 0.3 is 18.3 Å². The predicted octanol–water partition coefficient (Wildman–Crippen LogP) is 9.19. The minimum atomic E-state index is -4.86. The van der Waals surface area contributed by atoms with Gasteiger partial charge in [-0.05, 0) is 65.4 Å². The molecule has 1 atom stereocenters. The summed E-state index contributed by atoms with van der Waals surface area (Å²) in [6, 6.07) is 8.46. The number of carbonyl (C=O) groups is 1.